The van der Waals surface area contributed by atoms with E-state index in [2.05, 4.69) is 137 Å². The highest BCUT2D eigenvalue weighted by Gasteiger charge is 2.43. The van der Waals surface area contributed by atoms with Crippen LogP contribution < -0.4 is 37.9 Å². The molecule has 0 fully saturated rings. The van der Waals surface area contributed by atoms with E-state index in [-0.39, 0.29) is 40.1 Å². The van der Waals surface area contributed by atoms with Crippen molar-refractivity contribution in [1.82, 2.24) is 0 Å². The topological polar surface area (TPSA) is 178 Å². The summed E-state index contributed by atoms with van der Waals surface area (Å²) in [6, 6.07) is 111. The van der Waals surface area contributed by atoms with Crippen molar-refractivity contribution < 1.29 is 67.5 Å². The number of allylic oxidation sites excluding steroid dienone is 1. The summed E-state index contributed by atoms with van der Waals surface area (Å²) in [5, 5.41) is 29.9. The summed E-state index contributed by atoms with van der Waals surface area (Å²) in [5.74, 6) is 5.92. The number of aliphatic hydroxyl groups excluding tert-OH is 1. The highest BCUT2D eigenvalue weighted by Crippen LogP contribution is 2.51. The number of fused-ring (bicyclic) bond motifs is 2. The molecule has 2 aliphatic rings. The molecule has 3 N–H and O–H groups in total. The van der Waals surface area contributed by atoms with Crippen molar-refractivity contribution in [2.24, 2.45) is 0 Å². The van der Waals surface area contributed by atoms with E-state index in [0.29, 0.717) is 5.75 Å². The molecule has 0 heterocycles. The molecule has 0 saturated carbocycles. The number of Topliss-reactive ketones (excluding diaryl/α,β-unsaturated/α-hetero) is 1. The molecule has 0 radical (unpaired) electrons. The third kappa shape index (κ3) is 27.2. The first-order valence-electron chi connectivity index (χ1n) is 43.5. The first-order valence-corrected chi connectivity index (χ1v) is 46.8. The van der Waals surface area contributed by atoms with Crippen molar-refractivity contribution in [2.75, 3.05) is 64.0 Å². The number of methoxy groups -OCH3 is 9. The van der Waals surface area contributed by atoms with Gasteiger partial charge in [-0.2, -0.15) is 0 Å². The Morgan fingerprint density at radius 3 is 1.25 bits per heavy atom. The Labute approximate surface area is 821 Å². The molecule has 17 rings (SSSR count). The van der Waals surface area contributed by atoms with Crippen molar-refractivity contribution in [3.63, 3.8) is 0 Å². The van der Waals surface area contributed by atoms with Crippen LogP contribution in [0.2, 0.25) is 0 Å². The molecule has 15 aromatic carbocycles. The number of carbonyl (C=O) groups is 2. The van der Waals surface area contributed by atoms with Crippen LogP contribution in [0.3, 0.4) is 0 Å². The van der Waals surface area contributed by atoms with Gasteiger partial charge < -0.3 is 58.0 Å². The minimum atomic E-state index is -0.606. The van der Waals surface area contributed by atoms with Crippen LogP contribution in [0, 0.1) is 41.5 Å². The largest absolute Gasteiger partial charge is 0.508 e. The number of hydrogen-bond acceptors (Lipinski definition) is 14. The minimum Gasteiger partial charge on any atom is -0.508 e. The van der Waals surface area contributed by atoms with E-state index in [1.165, 1.54) is 40.5 Å². The Bertz CT molecular complexity index is 6210. The lowest BCUT2D eigenvalue weighted by Crippen LogP contribution is -2.23. The smallest absolute Gasteiger partial charge is 0.314 e. The van der Waals surface area contributed by atoms with E-state index in [9.17, 15) is 24.9 Å². The normalized spacial score (nSPS) is 13.3. The maximum atomic E-state index is 13.5. The molecule has 2 aliphatic carbocycles. The molecule has 0 spiro atoms. The zero-order valence-corrected chi connectivity index (χ0v) is 84.2. The van der Waals surface area contributed by atoms with Gasteiger partial charge in [0.15, 0.2) is 5.78 Å². The van der Waals surface area contributed by atoms with Gasteiger partial charge in [-0.25, -0.2) is 0 Å². The first kappa shape index (κ1) is 102. The molecule has 0 amide bonds. The third-order valence-corrected chi connectivity index (χ3v) is 25.3. The fraction of sp³-hybridized carbons (Fsp3) is 0.190. The van der Waals surface area contributed by atoms with Crippen molar-refractivity contribution in [1.29, 1.82) is 0 Å². The van der Waals surface area contributed by atoms with Gasteiger partial charge in [-0.1, -0.05) is 270 Å². The summed E-state index contributed by atoms with van der Waals surface area (Å²) in [6.45, 7) is 12.2. The Morgan fingerprint density at radius 1 is 0.343 bits per heavy atom. The highest BCUT2D eigenvalue weighted by atomic mass is 79.9. The number of phenolic OH excluding ortho intramolecular Hbond substituents is 2. The van der Waals surface area contributed by atoms with Crippen molar-refractivity contribution in [3.05, 3.63) is 470 Å². The highest BCUT2D eigenvalue weighted by molar-refractivity contribution is 9.11. The number of esters is 1. The summed E-state index contributed by atoms with van der Waals surface area (Å²) < 4.78 is 50.4. The number of benzene rings is 15. The van der Waals surface area contributed by atoms with Crippen molar-refractivity contribution in [2.45, 2.75) is 82.6 Å². The molecule has 18 heteroatoms. The number of alkyl halides is 1. The molecule has 688 valence electrons. The Hall–Kier alpha value is -12.9. The number of hydrogen-bond donors (Lipinski definition) is 3. The monoisotopic (exact) mass is 2040 g/mol. The number of aromatic hydroxyl groups is 2. The van der Waals surface area contributed by atoms with E-state index >= 15 is 0 Å². The molecule has 0 saturated heterocycles. The average Bonchev–Trinajstić information content (AvgIpc) is 1.56. The van der Waals surface area contributed by atoms with E-state index in [4.69, 9.17) is 42.6 Å². The Kier molecular flexibility index (Phi) is 37.7. The fourth-order valence-electron chi connectivity index (χ4n) is 16.6. The minimum absolute atomic E-state index is 0.0316. The van der Waals surface area contributed by atoms with Crippen LogP contribution in [0.4, 0.5) is 0 Å². The zero-order chi connectivity index (χ0) is 96.1. The molecule has 0 aliphatic heterocycles. The van der Waals surface area contributed by atoms with Crippen LogP contribution >= 0.6 is 63.7 Å². The zero-order valence-electron chi connectivity index (χ0n) is 77.8. The summed E-state index contributed by atoms with van der Waals surface area (Å²) in [7, 11) is 14.7. The summed E-state index contributed by atoms with van der Waals surface area (Å²) in [4.78, 5) is 26.7. The second kappa shape index (κ2) is 49.7. The second-order valence-corrected chi connectivity index (χ2v) is 35.9. The van der Waals surface area contributed by atoms with E-state index in [1.54, 1.807) is 69.0 Å². The van der Waals surface area contributed by atoms with Gasteiger partial charge in [0, 0.05) is 30.8 Å². The number of ether oxygens (including phenoxy) is 9. The van der Waals surface area contributed by atoms with Crippen LogP contribution in [0.1, 0.15) is 156 Å². The summed E-state index contributed by atoms with van der Waals surface area (Å²) >= 11 is 13.8. The number of rotatable bonds is 21. The predicted octanol–water partition coefficient (Wildman–Crippen LogP) is 28.7. The maximum absolute atomic E-state index is 13.5. The Balaban J connectivity index is 0.000000155. The molecule has 14 nitrogen and oxygen atoms in total. The molecule has 0 bridgehead atoms. The number of aliphatic hydroxyl groups is 1. The second-order valence-electron chi connectivity index (χ2n) is 32.2. The van der Waals surface area contributed by atoms with Crippen LogP contribution in [0.15, 0.2) is 353 Å². The standard InChI is InChI=1S/C25H26O4.C24H22O3.C22H18O2.C15H15BrO.C15H16O2.C8H9BrO.C7H6Br2O/c1-17-14-20(16-22(15-17)28-3)23(18-8-6-5-7-9-18)24(25(26)29-4)19-10-12-21(27-2)13-11-19;1-15-13-19(27-3)14-20-21(15)24(25)23(17-9-11-18(26-2)12-10-17)22(20)16-7-5-4-6-8-16;1-14-11-18(24)12-21-19(14)13-20(15-7-9-17(23)10-8-15)22(21)16-5-3-2-4-6-16;2*1-11-8-13(10-14(9-11)17-2)15(16)12-6-4-3-5-7-12;1-6-3-7(9)5-8(4-6)10-2;1-10-7-3-5(8)2-6(9)4-7/h5-16,23-24H,1-4H3;4-14,22-23H,1-3H3;2-12,23-24H,13H2,1H3;3-10,15H,1-2H3;3-10,15-16H,1-2H3;3-5H,1-2H3;2-4H,1H3. The fourth-order valence-corrected chi connectivity index (χ4v) is 19.0. The van der Waals surface area contributed by atoms with Crippen LogP contribution in [0.25, 0.3) is 11.1 Å². The molecule has 0 aromatic heterocycles. The van der Waals surface area contributed by atoms with Gasteiger partial charge in [-0.05, 0) is 304 Å². The number of halogens is 4. The number of ketones is 1. The van der Waals surface area contributed by atoms with Gasteiger partial charge in [-0.15, -0.1) is 0 Å². The Morgan fingerprint density at radius 2 is 0.754 bits per heavy atom. The quantitative estimate of drug-likeness (QED) is 0.0457. The maximum Gasteiger partial charge on any atom is 0.314 e. The summed E-state index contributed by atoms with van der Waals surface area (Å²) in [5.41, 5.74) is 24.7. The first-order chi connectivity index (χ1) is 64.7. The molecular formula is C116H112Br4O14. The van der Waals surface area contributed by atoms with Gasteiger partial charge in [0.05, 0.1) is 80.7 Å². The number of carbonyl (C=O) groups excluding carboxylic acids is 2. The van der Waals surface area contributed by atoms with Crippen molar-refractivity contribution >= 4 is 86.6 Å². The lowest BCUT2D eigenvalue weighted by molar-refractivity contribution is -0.142. The van der Waals surface area contributed by atoms with Gasteiger partial charge in [-0.3, -0.25) is 9.59 Å². The summed E-state index contributed by atoms with van der Waals surface area (Å²) in [6.07, 6.45) is 0.223. The SMILES string of the molecule is COC(=O)C(c1ccc(OC)cc1)C(c1ccccc1)c1cc(C)cc(OC)c1.COc1cc(Br)cc(Br)c1.COc1cc(C)cc(Br)c1.COc1cc(C)cc(C(Br)c2ccccc2)c1.COc1cc(C)cc(C(O)c2ccccc2)c1.COc1ccc(C2C(=O)c3c(C)cc(OC)cc3C2c2ccccc2)cc1.Cc1cc(O)cc2c1CC(c1ccc(O)cc1)=C2c1ccccc1. The average molecular weight is 2050 g/mol. The predicted molar refractivity (Wildman–Crippen MR) is 554 cm³/mol. The van der Waals surface area contributed by atoms with Gasteiger partial charge in [0.25, 0.3) is 0 Å². The molecular weight excluding hydrogens is 1940 g/mol. The van der Waals surface area contributed by atoms with E-state index in [1.807, 2.05) is 295 Å². The van der Waals surface area contributed by atoms with Crippen LogP contribution in [-0.2, 0) is 16.0 Å². The third-order valence-electron chi connectivity index (χ3n) is 22.9. The lowest BCUT2D eigenvalue weighted by atomic mass is 9.76. The number of aryl methyl sites for hydroxylation is 6. The van der Waals surface area contributed by atoms with Crippen LogP contribution in [-0.4, -0.2) is 91.1 Å². The van der Waals surface area contributed by atoms with Crippen molar-refractivity contribution in [3.8, 4) is 57.5 Å². The molecule has 6 atom stereocenters. The van der Waals surface area contributed by atoms with Gasteiger partial charge >= 0.3 is 5.97 Å². The molecule has 15 aromatic rings. The molecule has 134 heavy (non-hydrogen) atoms. The lowest BCUT2D eigenvalue weighted by Gasteiger charge is -2.27. The van der Waals surface area contributed by atoms with Gasteiger partial charge in [0.2, 0.25) is 0 Å². The van der Waals surface area contributed by atoms with Gasteiger partial charge in [0.1, 0.15) is 63.6 Å². The number of phenols is 2. The van der Waals surface area contributed by atoms with E-state index in [0.717, 1.165) is 160 Å². The van der Waals surface area contributed by atoms with Crippen LogP contribution in [0.5, 0.6) is 57.5 Å². The van der Waals surface area contributed by atoms with E-state index < -0.39 is 12.0 Å². The molecule has 6 unspecified atom stereocenters.